The lowest BCUT2D eigenvalue weighted by molar-refractivity contribution is -0.190. The molecule has 2 amide bonds. The standard InChI is InChI=1S/C47H66N2O11/c1-7-9-13-26-47(27-14-10-8-2)58-39-29-35(43(54)49-41(31(3)51)44(55)48-36(30-50)24-25-40(53)59-46(4,5)6)28-38(42(39)60-47)57-45(56)34-22-20-32(21-23-34)16-15-18-33-17-11-12-19-37(33)52/h11-12,15-17,19-23,29,31,36,38-39,41-42,50-52H,7-10,13-14,18,24-28,30H2,1-6H3,(H,48,55)(H,49,54). The van der Waals surface area contributed by atoms with Gasteiger partial charge >= 0.3 is 11.9 Å². The molecule has 1 heterocycles. The quantitative estimate of drug-likeness (QED) is 0.0634. The van der Waals surface area contributed by atoms with Crippen LogP contribution in [-0.2, 0) is 39.8 Å². The summed E-state index contributed by atoms with van der Waals surface area (Å²) in [4.78, 5) is 53.4. The highest BCUT2D eigenvalue weighted by Crippen LogP contribution is 2.43. The Hall–Kier alpha value is -4.56. The molecule has 6 unspecified atom stereocenters. The van der Waals surface area contributed by atoms with E-state index in [4.69, 9.17) is 18.9 Å². The first kappa shape index (κ1) is 48.1. The summed E-state index contributed by atoms with van der Waals surface area (Å²) < 4.78 is 24.9. The SMILES string of the molecule is CCCCCC1(CCCCC)OC2C=C(C(=O)NC(C(=O)NC(CO)CCC(=O)OC(C)(C)C)C(C)O)CC(OC(=O)c3ccc(C=CCc4ccccc4O)cc3)C2O1. The molecule has 13 heteroatoms. The molecule has 1 aliphatic carbocycles. The Labute approximate surface area is 354 Å². The van der Waals surface area contributed by atoms with Crippen molar-refractivity contribution in [2.24, 2.45) is 0 Å². The number of benzene rings is 2. The number of hydrogen-bond acceptors (Lipinski definition) is 11. The molecule has 2 aromatic carbocycles. The highest BCUT2D eigenvalue weighted by atomic mass is 16.8. The number of esters is 2. The second-order valence-electron chi connectivity index (χ2n) is 16.9. The maximum absolute atomic E-state index is 14.0. The summed E-state index contributed by atoms with van der Waals surface area (Å²) in [6.07, 6.45) is 9.32. The van der Waals surface area contributed by atoms with Crippen LogP contribution in [0.1, 0.15) is 134 Å². The minimum absolute atomic E-state index is 0.0431. The number of carbonyl (C=O) groups excluding carboxylic acids is 4. The normalized spacial score (nSPS) is 20.1. The number of ether oxygens (including phenoxy) is 4. The molecule has 1 saturated heterocycles. The molecular formula is C47H66N2O11. The number of aliphatic hydroxyl groups excluding tert-OH is 2. The first-order valence-corrected chi connectivity index (χ1v) is 21.5. The molecule has 1 fully saturated rings. The molecule has 2 aromatic rings. The predicted octanol–water partition coefficient (Wildman–Crippen LogP) is 6.61. The average Bonchev–Trinajstić information content (AvgIpc) is 3.57. The van der Waals surface area contributed by atoms with Crippen molar-refractivity contribution in [3.05, 3.63) is 82.9 Å². The third kappa shape index (κ3) is 14.6. The van der Waals surface area contributed by atoms with Crippen LogP contribution >= 0.6 is 0 Å². The Morgan fingerprint density at radius 2 is 1.62 bits per heavy atom. The van der Waals surface area contributed by atoms with E-state index in [9.17, 15) is 34.5 Å². The fourth-order valence-electron chi connectivity index (χ4n) is 7.37. The van der Waals surface area contributed by atoms with Gasteiger partial charge in [0.2, 0.25) is 11.8 Å². The lowest BCUT2D eigenvalue weighted by Crippen LogP contribution is -2.55. The monoisotopic (exact) mass is 834 g/mol. The van der Waals surface area contributed by atoms with Crippen LogP contribution in [0.5, 0.6) is 5.75 Å². The van der Waals surface area contributed by atoms with Gasteiger partial charge < -0.3 is 44.9 Å². The van der Waals surface area contributed by atoms with Gasteiger partial charge in [-0.2, -0.15) is 0 Å². The number of aromatic hydroxyl groups is 1. The van der Waals surface area contributed by atoms with E-state index in [1.54, 1.807) is 63.2 Å². The first-order valence-electron chi connectivity index (χ1n) is 21.5. The van der Waals surface area contributed by atoms with Crippen LogP contribution in [0.3, 0.4) is 0 Å². The molecule has 2 aliphatic rings. The lowest BCUT2D eigenvalue weighted by atomic mass is 9.91. The van der Waals surface area contributed by atoms with Crippen LogP contribution in [0, 0.1) is 0 Å². The number of para-hydroxylation sites is 1. The van der Waals surface area contributed by atoms with Crippen LogP contribution in [0.2, 0.25) is 0 Å². The molecule has 0 saturated carbocycles. The highest BCUT2D eigenvalue weighted by molar-refractivity contribution is 5.97. The van der Waals surface area contributed by atoms with E-state index < -0.39 is 78.2 Å². The van der Waals surface area contributed by atoms with E-state index in [0.29, 0.717) is 24.8 Å². The molecule has 5 N–H and O–H groups in total. The number of rotatable bonds is 22. The zero-order valence-electron chi connectivity index (χ0n) is 36.1. The first-order chi connectivity index (χ1) is 28.6. The molecule has 60 heavy (non-hydrogen) atoms. The number of nitrogens with one attached hydrogen (secondary N) is 2. The molecule has 0 radical (unpaired) electrons. The Bertz CT molecular complexity index is 1770. The van der Waals surface area contributed by atoms with Crippen molar-refractivity contribution in [3.63, 3.8) is 0 Å². The summed E-state index contributed by atoms with van der Waals surface area (Å²) >= 11 is 0. The van der Waals surface area contributed by atoms with Gasteiger partial charge in [-0.3, -0.25) is 14.4 Å². The second kappa shape index (κ2) is 22.9. The number of aliphatic hydroxyl groups is 2. The van der Waals surface area contributed by atoms with Crippen molar-refractivity contribution in [1.29, 1.82) is 0 Å². The number of phenolic OH excluding ortho intramolecular Hbond substituents is 1. The molecule has 0 bridgehead atoms. The summed E-state index contributed by atoms with van der Waals surface area (Å²) in [7, 11) is 0. The second-order valence-corrected chi connectivity index (χ2v) is 16.9. The fraction of sp³-hybridized carbons (Fsp3) is 0.574. The van der Waals surface area contributed by atoms with Crippen LogP contribution in [0.4, 0.5) is 0 Å². The zero-order valence-corrected chi connectivity index (χ0v) is 36.1. The van der Waals surface area contributed by atoms with Crippen molar-refractivity contribution < 1.29 is 53.4 Å². The lowest BCUT2D eigenvalue weighted by Gasteiger charge is -2.31. The van der Waals surface area contributed by atoms with Gasteiger partial charge in [0, 0.05) is 31.3 Å². The largest absolute Gasteiger partial charge is 0.508 e. The molecule has 1 aliphatic heterocycles. The van der Waals surface area contributed by atoms with Gasteiger partial charge in [0.15, 0.2) is 5.79 Å². The number of unbranched alkanes of at least 4 members (excludes halogenated alkanes) is 4. The Morgan fingerprint density at radius 3 is 2.22 bits per heavy atom. The molecule has 330 valence electrons. The van der Waals surface area contributed by atoms with Crippen LogP contribution < -0.4 is 10.6 Å². The van der Waals surface area contributed by atoms with E-state index in [2.05, 4.69) is 24.5 Å². The minimum atomic E-state index is -1.42. The highest BCUT2D eigenvalue weighted by Gasteiger charge is 2.52. The Kier molecular flexibility index (Phi) is 18.3. The van der Waals surface area contributed by atoms with Gasteiger partial charge in [-0.1, -0.05) is 82.0 Å². The third-order valence-electron chi connectivity index (χ3n) is 10.6. The van der Waals surface area contributed by atoms with Crippen molar-refractivity contribution in [2.75, 3.05) is 6.61 Å². The summed E-state index contributed by atoms with van der Waals surface area (Å²) in [5, 5.41) is 36.0. The summed E-state index contributed by atoms with van der Waals surface area (Å²) in [6.45, 7) is 10.3. The topological polar surface area (TPSA) is 190 Å². The molecule has 0 spiro atoms. The van der Waals surface area contributed by atoms with E-state index in [-0.39, 0.29) is 30.6 Å². The molecular weight excluding hydrogens is 769 g/mol. The smallest absolute Gasteiger partial charge is 0.338 e. The van der Waals surface area contributed by atoms with Crippen LogP contribution in [0.15, 0.2) is 66.3 Å². The number of phenols is 1. The predicted molar refractivity (Wildman–Crippen MR) is 228 cm³/mol. The maximum atomic E-state index is 14.0. The third-order valence-corrected chi connectivity index (χ3v) is 10.6. The van der Waals surface area contributed by atoms with Gasteiger partial charge in [0.1, 0.15) is 35.7 Å². The zero-order chi connectivity index (χ0) is 43.9. The minimum Gasteiger partial charge on any atom is -0.508 e. The summed E-state index contributed by atoms with van der Waals surface area (Å²) in [5.41, 5.74) is 1.46. The van der Waals surface area contributed by atoms with Gasteiger partial charge in [-0.15, -0.1) is 0 Å². The number of carbonyl (C=O) groups is 4. The Morgan fingerprint density at radius 1 is 0.950 bits per heavy atom. The van der Waals surface area contributed by atoms with Crippen molar-refractivity contribution in [2.45, 2.75) is 166 Å². The summed E-state index contributed by atoms with van der Waals surface area (Å²) in [6, 6.07) is 11.8. The van der Waals surface area contributed by atoms with Gasteiger partial charge in [0.25, 0.3) is 0 Å². The molecule has 0 aromatic heterocycles. The van der Waals surface area contributed by atoms with Gasteiger partial charge in [0.05, 0.1) is 24.3 Å². The number of fused-ring (bicyclic) bond motifs is 1. The molecule has 4 rings (SSSR count). The van der Waals surface area contributed by atoms with Crippen LogP contribution in [-0.4, -0.2) is 93.6 Å². The average molecular weight is 835 g/mol. The van der Waals surface area contributed by atoms with Crippen molar-refractivity contribution in [3.8, 4) is 5.75 Å². The van der Waals surface area contributed by atoms with Crippen molar-refractivity contribution in [1.82, 2.24) is 10.6 Å². The van der Waals surface area contributed by atoms with E-state index in [1.807, 2.05) is 24.3 Å². The van der Waals surface area contributed by atoms with E-state index in [0.717, 1.165) is 49.7 Å². The van der Waals surface area contributed by atoms with Gasteiger partial charge in [-0.05, 0) is 88.8 Å². The number of amides is 2. The number of hydrogen-bond donors (Lipinski definition) is 5. The fourth-order valence-corrected chi connectivity index (χ4v) is 7.37. The van der Waals surface area contributed by atoms with Crippen molar-refractivity contribution >= 4 is 29.8 Å². The molecule has 6 atom stereocenters. The van der Waals surface area contributed by atoms with E-state index >= 15 is 0 Å². The maximum Gasteiger partial charge on any atom is 0.338 e. The van der Waals surface area contributed by atoms with E-state index in [1.165, 1.54) is 6.92 Å². The number of allylic oxidation sites excluding steroid dienone is 1. The van der Waals surface area contributed by atoms with Gasteiger partial charge in [-0.25, -0.2) is 4.79 Å². The molecule has 13 nitrogen and oxygen atoms in total. The summed E-state index contributed by atoms with van der Waals surface area (Å²) in [5.74, 6) is -3.21. The Balaban J connectivity index is 1.52. The van der Waals surface area contributed by atoms with Crippen LogP contribution in [0.25, 0.3) is 6.08 Å².